The van der Waals surface area contributed by atoms with Crippen LogP contribution in [0.15, 0.2) is 155 Å². The summed E-state index contributed by atoms with van der Waals surface area (Å²) in [5, 5.41) is 26.0. The van der Waals surface area contributed by atoms with Gasteiger partial charge in [0.15, 0.2) is 23.0 Å². The average Bonchev–Trinajstić information content (AvgIpc) is 3.44. The topological polar surface area (TPSA) is 235 Å². The molecule has 80 heavy (non-hydrogen) atoms. The van der Waals surface area contributed by atoms with Crippen molar-refractivity contribution in [2.75, 3.05) is 43.1 Å². The molecular weight excluding hydrogens is 1110 g/mol. The molecule has 0 spiro atoms. The lowest BCUT2D eigenvalue weighted by molar-refractivity contribution is -0.275. The number of para-hydroxylation sites is 8. The van der Waals surface area contributed by atoms with Crippen LogP contribution < -0.4 is 43.5 Å². The van der Waals surface area contributed by atoms with Gasteiger partial charge in [-0.15, -0.1) is 26.3 Å². The monoisotopic (exact) mass is 1160 g/mol. The highest BCUT2D eigenvalue weighted by Crippen LogP contribution is 2.50. The molecule has 5 N–H and O–H groups in total. The average molecular weight is 1160 g/mol. The number of alkyl halides is 6. The molecule has 426 valence electrons. The zero-order valence-corrected chi connectivity index (χ0v) is 44.1. The number of ether oxygens (including phenoxy) is 5. The van der Waals surface area contributed by atoms with Crippen LogP contribution in [-0.2, 0) is 34.4 Å². The summed E-state index contributed by atoms with van der Waals surface area (Å²) in [6.07, 6.45) is -12.2. The number of hydrogen-bond acceptors (Lipinski definition) is 16. The molecule has 2 saturated heterocycles. The Balaban J connectivity index is 0.000000194. The molecule has 6 aromatic rings. The Morgan fingerprint density at radius 3 is 1.26 bits per heavy atom. The largest absolute Gasteiger partial charge is 0.573 e. The first-order chi connectivity index (χ1) is 37.8. The number of nitrogens with one attached hydrogen (secondary N) is 3. The van der Waals surface area contributed by atoms with E-state index in [1.807, 2.05) is 58.3 Å². The molecule has 0 aliphatic carbocycles. The van der Waals surface area contributed by atoms with Crippen LogP contribution in [0.5, 0.6) is 34.5 Å². The molecule has 0 bridgehead atoms. The van der Waals surface area contributed by atoms with Crippen molar-refractivity contribution >= 4 is 54.7 Å². The summed E-state index contributed by atoms with van der Waals surface area (Å²) in [6.45, 7) is 3.21. The molecule has 19 nitrogen and oxygen atoms in total. The second-order valence-electron chi connectivity index (χ2n) is 18.2. The lowest BCUT2D eigenvalue weighted by atomic mass is 9.94. The third-order valence-corrected chi connectivity index (χ3v) is 15.9. The molecule has 0 unspecified atom stereocenters. The number of benzene rings is 6. The molecule has 10 rings (SSSR count). The summed E-state index contributed by atoms with van der Waals surface area (Å²) in [6, 6.07) is 33.2. The van der Waals surface area contributed by atoms with Crippen molar-refractivity contribution in [2.24, 2.45) is 0 Å². The number of halogens is 6. The van der Waals surface area contributed by atoms with Gasteiger partial charge in [0.2, 0.25) is 26.0 Å². The van der Waals surface area contributed by atoms with Crippen molar-refractivity contribution in [1.29, 1.82) is 0 Å². The lowest BCUT2D eigenvalue weighted by Crippen LogP contribution is -2.65. The standard InChI is InChI=1S/C26H24F3N3O6S.C24H22F3N3O5S.C3H6O2/c1-16(33)31-14-19(30-39(35,36)18-12-10-17(11-13-18)38-26(27,28)29)25(34)22(15-31)32-20-6-2-4-8-23(20)37-24-9-5-3-7-21(24)32;25-24(26,27)35-15-9-11-16(12-10-15)36(32,33)29-17-13-28-14-20(23(17)31)30-18-5-1-3-7-21(18)34-22-8-4-2-6-19(22)30;1-3(4)5-2/h2-13,19,22,25,30,34H,14-15H2,1H3;1-12,17,20,23,28-29,31H,13-14H2;1-2H3/t19-,22+,25+;17-,20+,23+;/m00./s1. The van der Waals surface area contributed by atoms with Crippen LogP contribution in [0.2, 0.25) is 0 Å². The Morgan fingerprint density at radius 1 is 0.550 bits per heavy atom. The number of rotatable bonds is 10. The predicted octanol–water partition coefficient (Wildman–Crippen LogP) is 7.46. The second kappa shape index (κ2) is 24.0. The van der Waals surface area contributed by atoms with E-state index in [0.717, 1.165) is 59.9 Å². The molecule has 1 amide bonds. The summed E-state index contributed by atoms with van der Waals surface area (Å²) >= 11 is 0. The number of esters is 1. The fraction of sp³-hybridized carbons (Fsp3) is 0.283. The zero-order chi connectivity index (χ0) is 57.7. The van der Waals surface area contributed by atoms with Gasteiger partial charge in [0.1, 0.15) is 11.5 Å². The fourth-order valence-electron chi connectivity index (χ4n) is 9.23. The summed E-state index contributed by atoms with van der Waals surface area (Å²) < 4.78 is 156. The van der Waals surface area contributed by atoms with Gasteiger partial charge in [0.05, 0.1) is 76.0 Å². The van der Waals surface area contributed by atoms with Gasteiger partial charge in [-0.05, 0) is 97.1 Å². The summed E-state index contributed by atoms with van der Waals surface area (Å²) in [7, 11) is -7.11. The number of methoxy groups -OCH3 is 1. The molecule has 4 heterocycles. The third-order valence-electron chi connectivity index (χ3n) is 12.8. The summed E-state index contributed by atoms with van der Waals surface area (Å²) in [5.74, 6) is 0.588. The molecule has 6 aromatic carbocycles. The molecule has 4 aliphatic rings. The second-order valence-corrected chi connectivity index (χ2v) is 21.6. The summed E-state index contributed by atoms with van der Waals surface area (Å²) in [4.78, 5) is 26.7. The molecule has 27 heteroatoms. The molecule has 4 aliphatic heterocycles. The number of piperidine rings is 2. The van der Waals surface area contributed by atoms with Crippen LogP contribution in [0, 0.1) is 0 Å². The highest BCUT2D eigenvalue weighted by molar-refractivity contribution is 7.89. The summed E-state index contributed by atoms with van der Waals surface area (Å²) in [5.41, 5.74) is 2.72. The molecule has 0 aromatic heterocycles. The Morgan fingerprint density at radius 2 is 0.900 bits per heavy atom. The molecular formula is C53H52F6N6O13S2. The number of fused-ring (bicyclic) bond motifs is 4. The molecule has 0 saturated carbocycles. The van der Waals surface area contributed by atoms with E-state index in [0.29, 0.717) is 40.9 Å². The number of aliphatic hydroxyl groups excluding tert-OH is 2. The van der Waals surface area contributed by atoms with Gasteiger partial charge in [0, 0.05) is 40.0 Å². The van der Waals surface area contributed by atoms with E-state index in [1.165, 1.54) is 25.9 Å². The third kappa shape index (κ3) is 13.8. The van der Waals surface area contributed by atoms with Crippen LogP contribution >= 0.6 is 0 Å². The molecule has 2 fully saturated rings. The van der Waals surface area contributed by atoms with Gasteiger partial charge >= 0.3 is 18.7 Å². The van der Waals surface area contributed by atoms with Gasteiger partial charge in [-0.25, -0.2) is 26.3 Å². The maximum absolute atomic E-state index is 13.2. The highest BCUT2D eigenvalue weighted by atomic mass is 32.2. The minimum Gasteiger partial charge on any atom is -0.469 e. The number of aliphatic hydroxyl groups is 2. The number of carbonyl (C=O) groups excluding carboxylic acids is 2. The van der Waals surface area contributed by atoms with E-state index in [4.69, 9.17) is 9.47 Å². The first-order valence-electron chi connectivity index (χ1n) is 24.3. The lowest BCUT2D eigenvalue weighted by Gasteiger charge is -2.47. The van der Waals surface area contributed by atoms with E-state index in [-0.39, 0.29) is 41.3 Å². The predicted molar refractivity (Wildman–Crippen MR) is 277 cm³/mol. The highest BCUT2D eigenvalue weighted by Gasteiger charge is 2.45. The maximum Gasteiger partial charge on any atom is 0.573 e. The number of nitrogens with zero attached hydrogens (tertiary/aromatic N) is 3. The van der Waals surface area contributed by atoms with Crippen LogP contribution in [0.1, 0.15) is 13.8 Å². The van der Waals surface area contributed by atoms with Crippen LogP contribution in [0.3, 0.4) is 0 Å². The minimum absolute atomic E-state index is 0.0981. The smallest absolute Gasteiger partial charge is 0.469 e. The van der Waals surface area contributed by atoms with E-state index in [2.05, 4.69) is 29.0 Å². The van der Waals surface area contributed by atoms with Crippen LogP contribution in [0.25, 0.3) is 0 Å². The first kappa shape index (κ1) is 58.5. The Hall–Kier alpha value is -7.66. The molecule has 6 atom stereocenters. The van der Waals surface area contributed by atoms with Crippen molar-refractivity contribution in [3.8, 4) is 34.5 Å². The van der Waals surface area contributed by atoms with Gasteiger partial charge < -0.3 is 53.9 Å². The number of carbonyl (C=O) groups is 2. The number of hydrogen-bond donors (Lipinski definition) is 5. The van der Waals surface area contributed by atoms with Crippen molar-refractivity contribution in [3.63, 3.8) is 0 Å². The number of amides is 1. The van der Waals surface area contributed by atoms with E-state index in [1.54, 1.807) is 48.5 Å². The van der Waals surface area contributed by atoms with Crippen molar-refractivity contribution in [2.45, 2.75) is 72.7 Å². The number of sulfonamides is 2. The Kier molecular flexibility index (Phi) is 17.5. The SMILES string of the molecule is CC(=O)N1C[C@H](NS(=O)(=O)c2ccc(OC(F)(F)F)cc2)[C@@H](O)[C@H](N2c3ccccc3Oc3ccccc32)C1.COC(C)=O.O=S(=O)(N[C@H]1CNC[C@@H](N2c3ccccc3Oc3ccccc32)[C@@H]1O)c1ccc(OC(F)(F)F)cc1. The van der Waals surface area contributed by atoms with Crippen LogP contribution in [0.4, 0.5) is 49.1 Å². The maximum atomic E-state index is 13.2. The van der Waals surface area contributed by atoms with Gasteiger partial charge in [-0.2, -0.15) is 0 Å². The van der Waals surface area contributed by atoms with Gasteiger partial charge in [-0.1, -0.05) is 48.5 Å². The number of anilines is 4. The Bertz CT molecular complexity index is 3310. The van der Waals surface area contributed by atoms with Gasteiger partial charge in [0.25, 0.3) is 0 Å². The number of likely N-dealkylation sites (tertiary alicyclic amines) is 1. The van der Waals surface area contributed by atoms with E-state index in [9.17, 15) is 63.0 Å². The quantitative estimate of drug-likeness (QED) is 0.0662. The Labute approximate surface area is 455 Å². The van der Waals surface area contributed by atoms with Crippen molar-refractivity contribution in [3.05, 3.63) is 146 Å². The van der Waals surface area contributed by atoms with E-state index < -0.39 is 80.6 Å². The van der Waals surface area contributed by atoms with E-state index >= 15 is 0 Å². The van der Waals surface area contributed by atoms with Gasteiger partial charge in [-0.3, -0.25) is 9.59 Å². The molecule has 0 radical (unpaired) electrons. The van der Waals surface area contributed by atoms with Crippen molar-refractivity contribution < 1.29 is 86.7 Å². The minimum atomic E-state index is -4.92. The zero-order valence-electron chi connectivity index (χ0n) is 42.5. The fourth-order valence-corrected chi connectivity index (χ4v) is 11.7. The normalized spacial score (nSPS) is 20.5. The first-order valence-corrected chi connectivity index (χ1v) is 27.2. The van der Waals surface area contributed by atoms with Crippen molar-refractivity contribution in [1.82, 2.24) is 19.7 Å². The van der Waals surface area contributed by atoms with Crippen LogP contribution in [-0.4, -0.2) is 126 Å².